The number of benzene rings is 1. The van der Waals surface area contributed by atoms with Gasteiger partial charge < -0.3 is 0 Å². The van der Waals surface area contributed by atoms with Crippen LogP contribution >= 0.6 is 0 Å². The molecule has 1 heterocycles. The van der Waals surface area contributed by atoms with Gasteiger partial charge in [0.25, 0.3) is 5.91 Å². The van der Waals surface area contributed by atoms with E-state index >= 15 is 0 Å². The largest absolute Gasteiger partial charge is 0.295 e. The van der Waals surface area contributed by atoms with Gasteiger partial charge >= 0.3 is 0 Å². The molecule has 128 valence electrons. The zero-order valence-corrected chi connectivity index (χ0v) is 14.4. The van der Waals surface area contributed by atoms with E-state index in [9.17, 15) is 19.2 Å². The van der Waals surface area contributed by atoms with Crippen LogP contribution in [0.15, 0.2) is 18.2 Å². The fraction of sp³-hybridized carbons (Fsp3) is 0.444. The van der Waals surface area contributed by atoms with E-state index in [1.807, 2.05) is 12.1 Å². The molecule has 6 heteroatoms. The minimum atomic E-state index is -0.950. The minimum Gasteiger partial charge on any atom is -0.295 e. The number of imide groups is 2. The zero-order chi connectivity index (χ0) is 18.1. The van der Waals surface area contributed by atoms with Crippen molar-refractivity contribution < 1.29 is 19.2 Å². The molecular formula is C18H22N2O4. The van der Waals surface area contributed by atoms with Gasteiger partial charge in [-0.05, 0) is 36.0 Å². The Bertz CT molecular complexity index is 703. The molecular weight excluding hydrogens is 308 g/mol. The van der Waals surface area contributed by atoms with Crippen LogP contribution in [0.2, 0.25) is 0 Å². The van der Waals surface area contributed by atoms with E-state index in [0.29, 0.717) is 12.0 Å². The summed E-state index contributed by atoms with van der Waals surface area (Å²) in [7, 11) is 0. The zero-order valence-electron chi connectivity index (χ0n) is 14.4. The van der Waals surface area contributed by atoms with Gasteiger partial charge in [-0.1, -0.05) is 32.9 Å². The van der Waals surface area contributed by atoms with Gasteiger partial charge in [-0.3, -0.25) is 29.4 Å². The monoisotopic (exact) mass is 330 g/mol. The molecule has 1 aliphatic heterocycles. The Morgan fingerprint density at radius 1 is 1.29 bits per heavy atom. The van der Waals surface area contributed by atoms with Crippen molar-refractivity contribution in [2.45, 2.75) is 52.0 Å². The highest BCUT2D eigenvalue weighted by molar-refractivity contribution is 6.07. The Balaban J connectivity index is 2.30. The minimum absolute atomic E-state index is 0.0553. The molecule has 1 atom stereocenters. The van der Waals surface area contributed by atoms with E-state index < -0.39 is 17.9 Å². The normalized spacial score (nSPS) is 18.1. The lowest BCUT2D eigenvalue weighted by atomic mass is 9.85. The predicted octanol–water partition coefficient (Wildman–Crippen LogP) is 1.70. The second-order valence-electron chi connectivity index (χ2n) is 7.06. The highest BCUT2D eigenvalue weighted by Gasteiger charge is 2.35. The quantitative estimate of drug-likeness (QED) is 0.675. The molecule has 0 saturated carbocycles. The van der Waals surface area contributed by atoms with Crippen LogP contribution < -0.4 is 5.32 Å². The third kappa shape index (κ3) is 3.53. The lowest BCUT2D eigenvalue weighted by molar-refractivity contribution is -0.139. The van der Waals surface area contributed by atoms with Crippen molar-refractivity contribution in [3.63, 3.8) is 0 Å². The van der Waals surface area contributed by atoms with Crippen LogP contribution in [0.1, 0.15) is 55.1 Å². The number of amides is 4. The molecule has 0 aromatic heterocycles. The third-order valence-electron chi connectivity index (χ3n) is 4.22. The van der Waals surface area contributed by atoms with Crippen molar-refractivity contribution >= 4 is 24.1 Å². The molecule has 1 aromatic rings. The molecule has 6 nitrogen and oxygen atoms in total. The molecule has 0 bridgehead atoms. The number of aryl methyl sites for hydroxylation is 1. The van der Waals surface area contributed by atoms with Crippen molar-refractivity contribution in [2.24, 2.45) is 0 Å². The summed E-state index contributed by atoms with van der Waals surface area (Å²) in [5, 5.41) is 2.16. The summed E-state index contributed by atoms with van der Waals surface area (Å²) in [6.07, 6.45) is 0.615. The summed E-state index contributed by atoms with van der Waals surface area (Å²) in [6.45, 7) is 8.02. The molecule has 1 aliphatic rings. The number of hydrogen-bond acceptors (Lipinski definition) is 4. The first-order chi connectivity index (χ1) is 11.1. The van der Waals surface area contributed by atoms with Crippen molar-refractivity contribution in [3.8, 4) is 0 Å². The van der Waals surface area contributed by atoms with Gasteiger partial charge in [-0.15, -0.1) is 0 Å². The van der Waals surface area contributed by atoms with Crippen LogP contribution in [0.4, 0.5) is 0 Å². The van der Waals surface area contributed by atoms with Crippen LogP contribution in [-0.2, 0) is 19.8 Å². The summed E-state index contributed by atoms with van der Waals surface area (Å²) >= 11 is 0. The number of carbonyl (C=O) groups is 4. The van der Waals surface area contributed by atoms with E-state index in [2.05, 4.69) is 26.1 Å². The molecule has 1 fully saturated rings. The topological polar surface area (TPSA) is 83.6 Å². The van der Waals surface area contributed by atoms with Gasteiger partial charge in [0.2, 0.25) is 18.2 Å². The van der Waals surface area contributed by atoms with Gasteiger partial charge in [-0.2, -0.15) is 0 Å². The Kier molecular flexibility index (Phi) is 4.87. The molecule has 0 radical (unpaired) electrons. The second-order valence-corrected chi connectivity index (χ2v) is 7.06. The Labute approximate surface area is 141 Å². The third-order valence-corrected chi connectivity index (χ3v) is 4.22. The molecule has 0 aliphatic carbocycles. The SMILES string of the molecule is Cc1cc(C(C)(C)C)ccc1C(=O)N(C=O)C1CCC(=O)NC1=O. The number of nitrogens with one attached hydrogen (secondary N) is 1. The number of rotatable bonds is 3. The second kappa shape index (κ2) is 6.55. The smallest absolute Gasteiger partial charge is 0.261 e. The van der Waals surface area contributed by atoms with E-state index in [1.54, 1.807) is 13.0 Å². The summed E-state index contributed by atoms with van der Waals surface area (Å²) in [4.78, 5) is 48.2. The number of carbonyl (C=O) groups excluding carboxylic acids is 4. The van der Waals surface area contributed by atoms with Gasteiger partial charge in [0, 0.05) is 12.0 Å². The fourth-order valence-corrected chi connectivity index (χ4v) is 2.72. The van der Waals surface area contributed by atoms with Crippen molar-refractivity contribution in [1.82, 2.24) is 10.2 Å². The Morgan fingerprint density at radius 2 is 1.96 bits per heavy atom. The number of nitrogens with zero attached hydrogens (tertiary/aromatic N) is 1. The van der Waals surface area contributed by atoms with Gasteiger partial charge in [0.15, 0.2) is 0 Å². The molecule has 4 amide bonds. The van der Waals surface area contributed by atoms with E-state index in [1.165, 1.54) is 0 Å². The summed E-state index contributed by atoms with van der Waals surface area (Å²) < 4.78 is 0. The average molecular weight is 330 g/mol. The summed E-state index contributed by atoms with van der Waals surface area (Å²) in [6, 6.07) is 4.50. The van der Waals surface area contributed by atoms with Crippen LogP contribution in [0.5, 0.6) is 0 Å². The first kappa shape index (κ1) is 17.8. The van der Waals surface area contributed by atoms with Crippen LogP contribution in [-0.4, -0.2) is 35.1 Å². The maximum Gasteiger partial charge on any atom is 0.261 e. The van der Waals surface area contributed by atoms with Crippen molar-refractivity contribution in [2.75, 3.05) is 0 Å². The van der Waals surface area contributed by atoms with Crippen LogP contribution in [0.25, 0.3) is 0 Å². The standard InChI is InChI=1S/C18H22N2O4/c1-11-9-12(18(2,3)4)5-6-13(11)17(24)20(10-21)14-7-8-15(22)19-16(14)23/h5-6,9-10,14H,7-8H2,1-4H3,(H,19,22,23). The molecule has 1 N–H and O–H groups in total. The lowest BCUT2D eigenvalue weighted by Crippen LogP contribution is -2.53. The van der Waals surface area contributed by atoms with Gasteiger partial charge in [0.05, 0.1) is 0 Å². The van der Waals surface area contributed by atoms with E-state index in [4.69, 9.17) is 0 Å². The van der Waals surface area contributed by atoms with Gasteiger partial charge in [0.1, 0.15) is 6.04 Å². The molecule has 2 rings (SSSR count). The highest BCUT2D eigenvalue weighted by atomic mass is 16.2. The van der Waals surface area contributed by atoms with Crippen LogP contribution in [0.3, 0.4) is 0 Å². The van der Waals surface area contributed by atoms with Gasteiger partial charge in [-0.25, -0.2) is 0 Å². The molecule has 1 saturated heterocycles. The first-order valence-electron chi connectivity index (χ1n) is 7.88. The average Bonchev–Trinajstić information content (AvgIpc) is 2.48. The van der Waals surface area contributed by atoms with E-state index in [0.717, 1.165) is 16.0 Å². The first-order valence-corrected chi connectivity index (χ1v) is 7.88. The number of piperidine rings is 1. The predicted molar refractivity (Wildman–Crippen MR) is 88.3 cm³/mol. The molecule has 0 spiro atoms. The Morgan fingerprint density at radius 3 is 2.46 bits per heavy atom. The lowest BCUT2D eigenvalue weighted by Gasteiger charge is -2.29. The Hall–Kier alpha value is -2.50. The van der Waals surface area contributed by atoms with E-state index in [-0.39, 0.29) is 24.2 Å². The molecule has 1 aromatic carbocycles. The highest BCUT2D eigenvalue weighted by Crippen LogP contribution is 2.25. The fourth-order valence-electron chi connectivity index (χ4n) is 2.72. The summed E-state index contributed by atoms with van der Waals surface area (Å²) in [5.41, 5.74) is 2.14. The summed E-state index contributed by atoms with van der Waals surface area (Å²) in [5.74, 6) is -1.53. The maximum atomic E-state index is 12.7. The maximum absolute atomic E-state index is 12.7. The van der Waals surface area contributed by atoms with Crippen LogP contribution in [0, 0.1) is 6.92 Å². The van der Waals surface area contributed by atoms with Crippen molar-refractivity contribution in [3.05, 3.63) is 34.9 Å². The number of hydrogen-bond donors (Lipinski definition) is 1. The molecule has 1 unspecified atom stereocenters. The van der Waals surface area contributed by atoms with Crippen molar-refractivity contribution in [1.29, 1.82) is 0 Å². The molecule has 24 heavy (non-hydrogen) atoms.